The van der Waals surface area contributed by atoms with E-state index < -0.39 is 35.5 Å². The Balaban J connectivity index is 2.08. The number of halogens is 2. The number of nitrogens with zero attached hydrogens (tertiary/aromatic N) is 1. The van der Waals surface area contributed by atoms with Gasteiger partial charge in [0.2, 0.25) is 5.91 Å². The van der Waals surface area contributed by atoms with Gasteiger partial charge in [0, 0.05) is 12.6 Å². The van der Waals surface area contributed by atoms with Crippen molar-refractivity contribution in [1.82, 2.24) is 15.7 Å². The van der Waals surface area contributed by atoms with Crippen LogP contribution in [0.2, 0.25) is 0 Å². The molecular weight excluding hydrogens is 410 g/mol. The lowest BCUT2D eigenvalue weighted by atomic mass is 10.0. The van der Waals surface area contributed by atoms with Crippen LogP contribution in [0, 0.1) is 23.5 Å². The summed E-state index contributed by atoms with van der Waals surface area (Å²) in [7, 11) is 0. The smallest absolute Gasteiger partial charge is 0.319 e. The van der Waals surface area contributed by atoms with Crippen LogP contribution in [-0.2, 0) is 9.59 Å². The molecule has 31 heavy (non-hydrogen) atoms. The number of hydrogen-bond donors (Lipinski definition) is 4. The molecule has 2 rings (SSSR count). The standard InChI is InChI=1S/C21H30F2N4O4/c1-13(2)19(25-21(30)24-17-11-15(22)7-8-16(17)23)20(29)27(12-18(28)26-31)10-9-14-5-3-4-6-14/h7-8,11,13-14,19,31H,3-6,9-10,12H2,1-2H3,(H,26,28)(H2,24,25,30)/t19-/m0/s1. The summed E-state index contributed by atoms with van der Waals surface area (Å²) in [4.78, 5) is 38.5. The van der Waals surface area contributed by atoms with Gasteiger partial charge in [-0.25, -0.2) is 19.1 Å². The molecule has 1 aromatic rings. The number of rotatable bonds is 9. The molecule has 1 aliphatic rings. The first-order chi connectivity index (χ1) is 14.7. The normalized spacial score (nSPS) is 14.9. The fourth-order valence-electron chi connectivity index (χ4n) is 3.72. The average Bonchev–Trinajstić information content (AvgIpc) is 3.24. The molecule has 8 nitrogen and oxygen atoms in total. The Labute approximate surface area is 180 Å². The van der Waals surface area contributed by atoms with Crippen molar-refractivity contribution >= 4 is 23.5 Å². The molecule has 10 heteroatoms. The molecular formula is C21H30F2N4O4. The summed E-state index contributed by atoms with van der Waals surface area (Å²) in [6.45, 7) is 3.38. The predicted octanol–water partition coefficient (Wildman–Crippen LogP) is 3.03. The van der Waals surface area contributed by atoms with Crippen LogP contribution in [0.1, 0.15) is 46.0 Å². The minimum atomic E-state index is -1.01. The summed E-state index contributed by atoms with van der Waals surface area (Å²) >= 11 is 0. The van der Waals surface area contributed by atoms with Gasteiger partial charge < -0.3 is 15.5 Å². The SMILES string of the molecule is CC(C)[C@H](NC(=O)Nc1cc(F)ccc1F)C(=O)N(CCC1CCCC1)CC(=O)NO. The first kappa shape index (κ1) is 24.5. The first-order valence-electron chi connectivity index (χ1n) is 10.5. The van der Waals surface area contributed by atoms with Crippen LogP contribution < -0.4 is 16.1 Å². The Kier molecular flexibility index (Phi) is 9.17. The number of hydrogen-bond acceptors (Lipinski definition) is 4. The van der Waals surface area contributed by atoms with Crippen LogP contribution in [0.15, 0.2) is 18.2 Å². The lowest BCUT2D eigenvalue weighted by Crippen LogP contribution is -2.54. The zero-order chi connectivity index (χ0) is 23.0. The molecule has 4 amide bonds. The van der Waals surface area contributed by atoms with Gasteiger partial charge in [0.1, 0.15) is 24.2 Å². The summed E-state index contributed by atoms with van der Waals surface area (Å²) in [6, 6.07) is 0.757. The Hall–Kier alpha value is -2.75. The summed E-state index contributed by atoms with van der Waals surface area (Å²) in [6.07, 6.45) is 5.14. The van der Waals surface area contributed by atoms with E-state index in [0.29, 0.717) is 12.5 Å². The molecule has 0 radical (unpaired) electrons. The van der Waals surface area contributed by atoms with Crippen molar-refractivity contribution in [3.8, 4) is 0 Å². The fraction of sp³-hybridized carbons (Fsp3) is 0.571. The second-order valence-electron chi connectivity index (χ2n) is 8.18. The number of hydroxylamine groups is 1. The molecule has 0 bridgehead atoms. The summed E-state index contributed by atoms with van der Waals surface area (Å²) in [5.41, 5.74) is 1.17. The van der Waals surface area contributed by atoms with Crippen LogP contribution in [0.25, 0.3) is 0 Å². The largest absolute Gasteiger partial charge is 0.332 e. The Morgan fingerprint density at radius 3 is 2.48 bits per heavy atom. The highest BCUT2D eigenvalue weighted by Gasteiger charge is 2.30. The molecule has 0 heterocycles. The Bertz CT molecular complexity index is 785. The van der Waals surface area contributed by atoms with Crippen LogP contribution in [0.4, 0.5) is 19.3 Å². The van der Waals surface area contributed by atoms with E-state index in [1.165, 1.54) is 10.4 Å². The molecule has 1 saturated carbocycles. The van der Waals surface area contributed by atoms with Gasteiger partial charge in [0.15, 0.2) is 0 Å². The molecule has 172 valence electrons. The first-order valence-corrected chi connectivity index (χ1v) is 10.5. The van der Waals surface area contributed by atoms with Gasteiger partial charge in [-0.3, -0.25) is 14.8 Å². The lowest BCUT2D eigenvalue weighted by molar-refractivity contribution is -0.141. The zero-order valence-electron chi connectivity index (χ0n) is 17.8. The topological polar surface area (TPSA) is 111 Å². The highest BCUT2D eigenvalue weighted by atomic mass is 19.1. The molecule has 0 aromatic heterocycles. The maximum atomic E-state index is 13.8. The summed E-state index contributed by atoms with van der Waals surface area (Å²) < 4.78 is 27.1. The van der Waals surface area contributed by atoms with Crippen LogP contribution in [0.3, 0.4) is 0 Å². The molecule has 4 N–H and O–H groups in total. The third-order valence-electron chi connectivity index (χ3n) is 5.45. The maximum Gasteiger partial charge on any atom is 0.319 e. The molecule has 0 aliphatic heterocycles. The second-order valence-corrected chi connectivity index (χ2v) is 8.18. The molecule has 0 saturated heterocycles. The average molecular weight is 440 g/mol. The van der Waals surface area contributed by atoms with E-state index in [4.69, 9.17) is 5.21 Å². The van der Waals surface area contributed by atoms with Crippen LogP contribution >= 0.6 is 0 Å². The van der Waals surface area contributed by atoms with E-state index in [1.54, 1.807) is 13.8 Å². The highest BCUT2D eigenvalue weighted by Crippen LogP contribution is 2.27. The van der Waals surface area contributed by atoms with Crippen molar-refractivity contribution in [2.24, 2.45) is 11.8 Å². The van der Waals surface area contributed by atoms with Gasteiger partial charge in [0.25, 0.3) is 5.91 Å². The minimum Gasteiger partial charge on any atom is -0.332 e. The number of anilines is 1. The third kappa shape index (κ3) is 7.46. The van der Waals surface area contributed by atoms with Gasteiger partial charge in [0.05, 0.1) is 5.69 Å². The summed E-state index contributed by atoms with van der Waals surface area (Å²) in [5.74, 6) is -2.65. The molecule has 1 aliphatic carbocycles. The van der Waals surface area contributed by atoms with Gasteiger partial charge in [-0.15, -0.1) is 0 Å². The number of urea groups is 1. The monoisotopic (exact) mass is 440 g/mol. The van der Waals surface area contributed by atoms with Crippen molar-refractivity contribution in [2.45, 2.75) is 52.0 Å². The number of carbonyl (C=O) groups excluding carboxylic acids is 3. The minimum absolute atomic E-state index is 0.308. The van der Waals surface area contributed by atoms with Gasteiger partial charge in [-0.2, -0.15) is 0 Å². The van der Waals surface area contributed by atoms with E-state index in [2.05, 4.69) is 10.6 Å². The molecule has 1 atom stereocenters. The summed E-state index contributed by atoms with van der Waals surface area (Å²) in [5, 5.41) is 13.6. The van der Waals surface area contributed by atoms with Gasteiger partial charge in [-0.05, 0) is 30.4 Å². The van der Waals surface area contributed by atoms with Crippen molar-refractivity contribution < 1.29 is 28.4 Å². The number of nitrogens with one attached hydrogen (secondary N) is 3. The molecule has 0 spiro atoms. The Morgan fingerprint density at radius 1 is 1.19 bits per heavy atom. The highest BCUT2D eigenvalue weighted by molar-refractivity contribution is 5.94. The van der Waals surface area contributed by atoms with Crippen molar-refractivity contribution in [3.63, 3.8) is 0 Å². The molecule has 1 aromatic carbocycles. The van der Waals surface area contributed by atoms with Crippen molar-refractivity contribution in [3.05, 3.63) is 29.8 Å². The van der Waals surface area contributed by atoms with Gasteiger partial charge >= 0.3 is 6.03 Å². The van der Waals surface area contributed by atoms with E-state index >= 15 is 0 Å². The van der Waals surface area contributed by atoms with Crippen LogP contribution in [0.5, 0.6) is 0 Å². The zero-order valence-corrected chi connectivity index (χ0v) is 17.8. The Morgan fingerprint density at radius 2 is 1.87 bits per heavy atom. The van der Waals surface area contributed by atoms with Gasteiger partial charge in [-0.1, -0.05) is 39.5 Å². The fourth-order valence-corrected chi connectivity index (χ4v) is 3.72. The van der Waals surface area contributed by atoms with E-state index in [9.17, 15) is 23.2 Å². The number of amides is 4. The van der Waals surface area contributed by atoms with Crippen LogP contribution in [-0.4, -0.2) is 47.1 Å². The predicted molar refractivity (Wildman–Crippen MR) is 110 cm³/mol. The number of benzene rings is 1. The van der Waals surface area contributed by atoms with Crippen molar-refractivity contribution in [1.29, 1.82) is 0 Å². The van der Waals surface area contributed by atoms with Crippen molar-refractivity contribution in [2.75, 3.05) is 18.4 Å². The lowest BCUT2D eigenvalue weighted by Gasteiger charge is -2.30. The van der Waals surface area contributed by atoms with E-state index in [-0.39, 0.29) is 18.2 Å². The molecule has 1 fully saturated rings. The second kappa shape index (κ2) is 11.6. The third-order valence-corrected chi connectivity index (χ3v) is 5.45. The van der Waals surface area contributed by atoms with E-state index in [0.717, 1.165) is 50.3 Å². The maximum absolute atomic E-state index is 13.8. The number of carbonyl (C=O) groups is 3. The van der Waals surface area contributed by atoms with E-state index in [1.807, 2.05) is 0 Å². The quantitative estimate of drug-likeness (QED) is 0.349. The molecule has 0 unspecified atom stereocenters.